The fourth-order valence-corrected chi connectivity index (χ4v) is 4.37. The second-order valence-electron chi connectivity index (χ2n) is 8.30. The van der Waals surface area contributed by atoms with Crippen molar-refractivity contribution >= 4 is 17.8 Å². The Morgan fingerprint density at radius 3 is 2.47 bits per heavy atom. The molecule has 36 heavy (non-hydrogen) atoms. The van der Waals surface area contributed by atoms with E-state index in [-0.39, 0.29) is 5.91 Å². The minimum Gasteiger partial charge on any atom is -0.457 e. The number of pyridine rings is 1. The minimum atomic E-state index is 0.128. The predicted octanol–water partition coefficient (Wildman–Crippen LogP) is 5.13. The molecule has 0 bridgehead atoms. The molecule has 7 nitrogen and oxygen atoms in total. The van der Waals surface area contributed by atoms with Gasteiger partial charge < -0.3 is 25.3 Å². The van der Waals surface area contributed by atoms with Crippen molar-refractivity contribution in [3.63, 3.8) is 0 Å². The lowest BCUT2D eigenvalue weighted by Gasteiger charge is -2.41. The van der Waals surface area contributed by atoms with Gasteiger partial charge in [0, 0.05) is 73.6 Å². The van der Waals surface area contributed by atoms with Crippen LogP contribution in [0.1, 0.15) is 35.3 Å². The molecule has 0 radical (unpaired) electrons. The number of terminal acetylenes is 1. The molecule has 1 fully saturated rings. The topological polar surface area (TPSA) is 81.6 Å². The summed E-state index contributed by atoms with van der Waals surface area (Å²) >= 11 is 0. The van der Waals surface area contributed by atoms with Crippen LogP contribution in [0.3, 0.4) is 0 Å². The first kappa shape index (κ1) is 26.5. The number of rotatable bonds is 6. The number of hydrogen-bond acceptors (Lipinski definition) is 6. The molecule has 1 aromatic heterocycles. The van der Waals surface area contributed by atoms with Gasteiger partial charge in [0.25, 0.3) is 5.91 Å². The Labute approximate surface area is 213 Å². The van der Waals surface area contributed by atoms with E-state index in [1.807, 2.05) is 68.3 Å². The van der Waals surface area contributed by atoms with Gasteiger partial charge >= 0.3 is 0 Å². The molecule has 2 aliphatic heterocycles. The van der Waals surface area contributed by atoms with E-state index in [4.69, 9.17) is 10.1 Å². The van der Waals surface area contributed by atoms with Gasteiger partial charge in [-0.05, 0) is 42.9 Å². The van der Waals surface area contributed by atoms with Crippen molar-refractivity contribution in [2.75, 3.05) is 32.5 Å². The number of carbonyl (C=O) groups excluding carboxylic acids is 1. The number of carbonyl (C=O) groups is 1. The zero-order chi connectivity index (χ0) is 26.2. The lowest BCUT2D eigenvalue weighted by molar-refractivity contribution is 0.0386. The number of nitrogens with one attached hydrogen (secondary N) is 2. The fraction of sp³-hybridized carbons (Fsp3) is 0.276. The maximum absolute atomic E-state index is 12.8. The third-order valence-corrected chi connectivity index (χ3v) is 6.14. The standard InChI is InChI=1S/C25H25N5O2.C2H6.C2H2/c1-27-23-10-20(5-3-17(23)12-26)32-21-7-8-28-24(11-21)16-4-6-22-18(9-16)13-30(25(22)31)19-14-29(2)15-19;2*1-2/h3-12,19,26-27H,13-15H2,1-2H3;1-2H3;1-2H. The van der Waals surface area contributed by atoms with Crippen LogP contribution in [0.25, 0.3) is 11.3 Å². The van der Waals surface area contributed by atoms with Gasteiger partial charge in [-0.1, -0.05) is 19.9 Å². The van der Waals surface area contributed by atoms with E-state index in [1.165, 1.54) is 6.21 Å². The molecule has 5 rings (SSSR count). The summed E-state index contributed by atoms with van der Waals surface area (Å²) in [5.41, 5.74) is 5.23. The summed E-state index contributed by atoms with van der Waals surface area (Å²) in [6.07, 6.45) is 11.0. The van der Waals surface area contributed by atoms with E-state index in [1.54, 1.807) is 6.20 Å². The number of likely N-dealkylation sites (tertiary alicyclic amines) is 1. The van der Waals surface area contributed by atoms with E-state index in [0.29, 0.717) is 24.1 Å². The molecular formula is C29H33N5O2. The van der Waals surface area contributed by atoms with Gasteiger partial charge in [0.15, 0.2) is 0 Å². The largest absolute Gasteiger partial charge is 0.457 e. The van der Waals surface area contributed by atoms with E-state index < -0.39 is 0 Å². The maximum atomic E-state index is 12.8. The van der Waals surface area contributed by atoms with Crippen LogP contribution in [0.5, 0.6) is 11.5 Å². The molecule has 0 spiro atoms. The van der Waals surface area contributed by atoms with Crippen LogP contribution in [-0.2, 0) is 6.54 Å². The lowest BCUT2D eigenvalue weighted by atomic mass is 10.0. The quantitative estimate of drug-likeness (QED) is 0.375. The van der Waals surface area contributed by atoms with Crippen LogP contribution < -0.4 is 10.1 Å². The number of fused-ring (bicyclic) bond motifs is 1. The summed E-state index contributed by atoms with van der Waals surface area (Å²) in [7, 11) is 3.89. The molecule has 2 N–H and O–H groups in total. The number of hydrogen-bond donors (Lipinski definition) is 2. The third kappa shape index (κ3) is 5.40. The van der Waals surface area contributed by atoms with Crippen LogP contribution in [-0.4, -0.2) is 60.1 Å². The third-order valence-electron chi connectivity index (χ3n) is 6.14. The summed E-state index contributed by atoms with van der Waals surface area (Å²) in [6, 6.07) is 15.5. The molecule has 2 aliphatic rings. The smallest absolute Gasteiger partial charge is 0.254 e. The Morgan fingerprint density at radius 1 is 1.08 bits per heavy atom. The molecule has 1 saturated heterocycles. The average molecular weight is 484 g/mol. The lowest BCUT2D eigenvalue weighted by Crippen LogP contribution is -2.57. The molecule has 0 aliphatic carbocycles. The number of amides is 1. The second-order valence-corrected chi connectivity index (χ2v) is 8.30. The minimum absolute atomic E-state index is 0.128. The van der Waals surface area contributed by atoms with Crippen molar-refractivity contribution in [3.05, 3.63) is 71.4 Å². The van der Waals surface area contributed by atoms with Crippen LogP contribution in [0.4, 0.5) is 5.69 Å². The number of nitrogens with zero attached hydrogens (tertiary/aromatic N) is 3. The number of likely N-dealkylation sites (N-methyl/N-ethyl adjacent to an activating group) is 1. The van der Waals surface area contributed by atoms with Crippen molar-refractivity contribution in [2.24, 2.45) is 0 Å². The van der Waals surface area contributed by atoms with Gasteiger partial charge in [0.2, 0.25) is 0 Å². The molecule has 7 heteroatoms. The first-order valence-electron chi connectivity index (χ1n) is 12.0. The number of anilines is 1. The zero-order valence-electron chi connectivity index (χ0n) is 21.3. The average Bonchev–Trinajstić information content (AvgIpc) is 3.24. The molecule has 0 unspecified atom stereocenters. The summed E-state index contributed by atoms with van der Waals surface area (Å²) < 4.78 is 6.05. The van der Waals surface area contributed by atoms with Gasteiger partial charge in [0.1, 0.15) is 11.5 Å². The van der Waals surface area contributed by atoms with Crippen molar-refractivity contribution in [3.8, 4) is 35.6 Å². The second kappa shape index (κ2) is 12.0. The van der Waals surface area contributed by atoms with Crippen LogP contribution in [0, 0.1) is 18.3 Å². The van der Waals surface area contributed by atoms with Crippen LogP contribution in [0.15, 0.2) is 54.7 Å². The summed E-state index contributed by atoms with van der Waals surface area (Å²) in [6.45, 7) is 6.52. The van der Waals surface area contributed by atoms with Crippen molar-refractivity contribution in [2.45, 2.75) is 26.4 Å². The molecule has 2 aromatic carbocycles. The highest BCUT2D eigenvalue weighted by Gasteiger charge is 2.37. The van der Waals surface area contributed by atoms with Crippen LogP contribution in [0.2, 0.25) is 0 Å². The van der Waals surface area contributed by atoms with E-state index in [9.17, 15) is 4.79 Å². The molecule has 186 valence electrons. The van der Waals surface area contributed by atoms with Gasteiger partial charge in [-0.15, -0.1) is 12.8 Å². The first-order valence-corrected chi connectivity index (χ1v) is 12.0. The van der Waals surface area contributed by atoms with E-state index in [0.717, 1.165) is 46.7 Å². The number of aromatic nitrogens is 1. The van der Waals surface area contributed by atoms with Crippen molar-refractivity contribution < 1.29 is 9.53 Å². The summed E-state index contributed by atoms with van der Waals surface area (Å²) in [5, 5.41) is 10.6. The molecule has 3 heterocycles. The molecule has 0 saturated carbocycles. The Kier molecular flexibility index (Phi) is 8.82. The normalized spacial score (nSPS) is 14.4. The maximum Gasteiger partial charge on any atom is 0.254 e. The van der Waals surface area contributed by atoms with E-state index in [2.05, 4.69) is 41.2 Å². The predicted molar refractivity (Wildman–Crippen MR) is 146 cm³/mol. The van der Waals surface area contributed by atoms with Gasteiger partial charge in [-0.3, -0.25) is 9.78 Å². The van der Waals surface area contributed by atoms with Gasteiger partial charge in [-0.2, -0.15) is 0 Å². The zero-order valence-corrected chi connectivity index (χ0v) is 21.3. The monoisotopic (exact) mass is 483 g/mol. The Morgan fingerprint density at radius 2 is 1.81 bits per heavy atom. The summed E-state index contributed by atoms with van der Waals surface area (Å²) in [4.78, 5) is 21.5. The van der Waals surface area contributed by atoms with Crippen molar-refractivity contribution in [1.29, 1.82) is 5.41 Å². The Hall–Kier alpha value is -4.15. The highest BCUT2D eigenvalue weighted by molar-refractivity contribution is 5.99. The summed E-state index contributed by atoms with van der Waals surface area (Å²) in [5.74, 6) is 1.48. The van der Waals surface area contributed by atoms with Gasteiger partial charge in [-0.25, -0.2) is 0 Å². The molecule has 0 atom stereocenters. The first-order chi connectivity index (χ1) is 17.6. The SMILES string of the molecule is C#C.CC.CNc1cc(Oc2ccnc(-c3ccc4c(c3)CN(C3CN(C)C3)C4=O)c2)ccc1C=N. The Balaban J connectivity index is 0.000000861. The van der Waals surface area contributed by atoms with E-state index >= 15 is 0 Å². The van der Waals surface area contributed by atoms with Crippen molar-refractivity contribution in [1.82, 2.24) is 14.8 Å². The molecule has 3 aromatic rings. The fourth-order valence-electron chi connectivity index (χ4n) is 4.37. The Bertz CT molecular complexity index is 1250. The highest BCUT2D eigenvalue weighted by Crippen LogP contribution is 2.32. The number of benzene rings is 2. The van der Waals surface area contributed by atoms with Crippen LogP contribution >= 0.6 is 0 Å². The number of ether oxygens (including phenoxy) is 1. The molecule has 1 amide bonds. The molecular weight excluding hydrogens is 450 g/mol. The highest BCUT2D eigenvalue weighted by atomic mass is 16.5. The van der Waals surface area contributed by atoms with Gasteiger partial charge in [0.05, 0.1) is 11.7 Å².